The molecule has 5 nitrogen and oxygen atoms in total. The maximum Gasteiger partial charge on any atom is 0.244 e. The Bertz CT molecular complexity index is 637. The normalized spacial score (nSPS) is 23.4. The van der Waals surface area contributed by atoms with Gasteiger partial charge in [0.05, 0.1) is 25.3 Å². The molecule has 5 heteroatoms. The van der Waals surface area contributed by atoms with Gasteiger partial charge >= 0.3 is 0 Å². The molecule has 1 aromatic rings. The summed E-state index contributed by atoms with van der Waals surface area (Å²) in [6.45, 7) is 2.50. The second-order valence-corrected chi connectivity index (χ2v) is 5.43. The summed E-state index contributed by atoms with van der Waals surface area (Å²) in [7, 11) is 1.62. The van der Waals surface area contributed by atoms with Crippen molar-refractivity contribution in [1.29, 1.82) is 0 Å². The lowest BCUT2D eigenvalue weighted by Gasteiger charge is -2.32. The number of carbonyl (C=O) groups excluding carboxylic acids is 1. The van der Waals surface area contributed by atoms with E-state index in [1.165, 1.54) is 0 Å². The first-order valence-electron chi connectivity index (χ1n) is 7.58. The van der Waals surface area contributed by atoms with Crippen molar-refractivity contribution in [3.05, 3.63) is 35.9 Å². The first-order chi connectivity index (χ1) is 10.7. The number of carbonyl (C=O) groups is 1. The fourth-order valence-corrected chi connectivity index (χ4v) is 3.07. The molecule has 0 saturated heterocycles. The van der Waals surface area contributed by atoms with Gasteiger partial charge in [0.1, 0.15) is 0 Å². The molecule has 1 aromatic carbocycles. The van der Waals surface area contributed by atoms with Crippen LogP contribution in [0.25, 0.3) is 0 Å². The van der Waals surface area contributed by atoms with Crippen LogP contribution in [0.1, 0.15) is 25.3 Å². The highest BCUT2D eigenvalue weighted by Crippen LogP contribution is 2.34. The zero-order chi connectivity index (χ0) is 15.5. The van der Waals surface area contributed by atoms with Crippen LogP contribution in [0.15, 0.2) is 35.5 Å². The summed E-state index contributed by atoms with van der Waals surface area (Å²) in [4.78, 5) is 12.0. The highest BCUT2D eigenvalue weighted by Gasteiger charge is 2.36. The molecule has 0 fully saturated rings. The average Bonchev–Trinajstić information content (AvgIpc) is 2.56. The van der Waals surface area contributed by atoms with Crippen LogP contribution in [0.5, 0.6) is 11.5 Å². The van der Waals surface area contributed by atoms with E-state index >= 15 is 0 Å². The number of fused-ring (bicyclic) bond motifs is 1. The molecular formula is C17H20N2O3. The van der Waals surface area contributed by atoms with E-state index in [1.807, 2.05) is 25.1 Å². The molecule has 1 amide bonds. The highest BCUT2D eigenvalue weighted by molar-refractivity contribution is 6.07. The van der Waals surface area contributed by atoms with E-state index in [0.717, 1.165) is 24.1 Å². The molecule has 2 atom stereocenters. The number of benzene rings is 1. The first kappa shape index (κ1) is 14.6. The standard InChI is InChI=1S/C17H20N2O3/c1-3-22-15-10-11(8-9-14(15)21-2)16-12-6-4-5-7-13(12)17(20)19-18-16/h4-5,8-10,12-13H,3,6-7H2,1-2H3,(H,19,20)/t12-,13+/m1/s1. The van der Waals surface area contributed by atoms with Crippen LogP contribution in [0.3, 0.4) is 0 Å². The van der Waals surface area contributed by atoms with Crippen LogP contribution < -0.4 is 14.9 Å². The fraction of sp³-hybridized carbons (Fsp3) is 0.412. The number of amides is 1. The third-order valence-corrected chi connectivity index (χ3v) is 4.17. The van der Waals surface area contributed by atoms with Gasteiger partial charge in [-0.3, -0.25) is 4.79 Å². The summed E-state index contributed by atoms with van der Waals surface area (Å²) in [5.74, 6) is 1.50. The number of rotatable bonds is 4. The summed E-state index contributed by atoms with van der Waals surface area (Å²) >= 11 is 0. The second-order valence-electron chi connectivity index (χ2n) is 5.43. The molecule has 116 valence electrons. The third kappa shape index (κ3) is 2.58. The Hall–Kier alpha value is -2.30. The largest absolute Gasteiger partial charge is 0.493 e. The van der Waals surface area contributed by atoms with Gasteiger partial charge in [0.25, 0.3) is 0 Å². The molecule has 3 rings (SSSR count). The fourth-order valence-electron chi connectivity index (χ4n) is 3.07. The number of nitrogens with one attached hydrogen (secondary N) is 1. The van der Waals surface area contributed by atoms with Gasteiger partial charge in [-0.1, -0.05) is 12.2 Å². The molecule has 0 saturated carbocycles. The Labute approximate surface area is 130 Å². The lowest BCUT2D eigenvalue weighted by atomic mass is 9.77. The summed E-state index contributed by atoms with van der Waals surface area (Å²) in [5.41, 5.74) is 4.53. The quantitative estimate of drug-likeness (QED) is 0.869. The Kier molecular flexibility index (Phi) is 4.13. The van der Waals surface area contributed by atoms with Gasteiger partial charge in [-0.05, 0) is 38.0 Å². The molecule has 22 heavy (non-hydrogen) atoms. The Balaban J connectivity index is 1.97. The predicted octanol–water partition coefficient (Wildman–Crippen LogP) is 2.51. The van der Waals surface area contributed by atoms with Gasteiger partial charge in [-0.2, -0.15) is 5.10 Å². The summed E-state index contributed by atoms with van der Waals surface area (Å²) in [5, 5.41) is 4.31. The van der Waals surface area contributed by atoms with Crippen molar-refractivity contribution in [3.8, 4) is 11.5 Å². The van der Waals surface area contributed by atoms with E-state index in [0.29, 0.717) is 18.1 Å². The predicted molar refractivity (Wildman–Crippen MR) is 84.2 cm³/mol. The van der Waals surface area contributed by atoms with Crippen molar-refractivity contribution in [2.24, 2.45) is 16.9 Å². The van der Waals surface area contributed by atoms with Gasteiger partial charge in [-0.25, -0.2) is 5.43 Å². The lowest BCUT2D eigenvalue weighted by Crippen LogP contribution is -2.42. The molecule has 0 radical (unpaired) electrons. The summed E-state index contributed by atoms with van der Waals surface area (Å²) in [6.07, 6.45) is 5.81. The van der Waals surface area contributed by atoms with E-state index < -0.39 is 0 Å². The maximum atomic E-state index is 12.0. The maximum absolute atomic E-state index is 12.0. The number of allylic oxidation sites excluding steroid dienone is 2. The van der Waals surface area contributed by atoms with Crippen molar-refractivity contribution in [2.75, 3.05) is 13.7 Å². The Morgan fingerprint density at radius 1 is 1.23 bits per heavy atom. The Morgan fingerprint density at radius 3 is 2.73 bits per heavy atom. The minimum atomic E-state index is -0.0323. The first-order valence-corrected chi connectivity index (χ1v) is 7.58. The van der Waals surface area contributed by atoms with E-state index in [4.69, 9.17) is 9.47 Å². The molecular weight excluding hydrogens is 280 g/mol. The van der Waals surface area contributed by atoms with Crippen LogP contribution in [-0.2, 0) is 4.79 Å². The monoisotopic (exact) mass is 300 g/mol. The van der Waals surface area contributed by atoms with Crippen molar-refractivity contribution in [3.63, 3.8) is 0 Å². The van der Waals surface area contributed by atoms with Crippen molar-refractivity contribution in [2.45, 2.75) is 19.8 Å². The number of ether oxygens (including phenoxy) is 2. The minimum absolute atomic E-state index is 0.0108. The van der Waals surface area contributed by atoms with Gasteiger partial charge in [0.2, 0.25) is 5.91 Å². The molecule has 0 unspecified atom stereocenters. The van der Waals surface area contributed by atoms with E-state index in [1.54, 1.807) is 7.11 Å². The molecule has 1 N–H and O–H groups in total. The van der Waals surface area contributed by atoms with Crippen molar-refractivity contribution < 1.29 is 14.3 Å². The van der Waals surface area contributed by atoms with Crippen LogP contribution in [-0.4, -0.2) is 25.3 Å². The van der Waals surface area contributed by atoms with E-state index in [9.17, 15) is 4.79 Å². The van der Waals surface area contributed by atoms with Crippen LogP contribution in [0, 0.1) is 11.8 Å². The van der Waals surface area contributed by atoms with Gasteiger partial charge in [0, 0.05) is 11.5 Å². The molecule has 1 aliphatic heterocycles. The van der Waals surface area contributed by atoms with Crippen molar-refractivity contribution in [1.82, 2.24) is 5.43 Å². The number of hydrazone groups is 1. The van der Waals surface area contributed by atoms with E-state index in [-0.39, 0.29) is 17.7 Å². The zero-order valence-corrected chi connectivity index (χ0v) is 12.8. The SMILES string of the molecule is CCOc1cc(C2=NNC(=O)[C@H]3CC=CC[C@@H]23)ccc1OC. The van der Waals surface area contributed by atoms with E-state index in [2.05, 4.69) is 22.7 Å². The second kappa shape index (κ2) is 6.22. The van der Waals surface area contributed by atoms with Crippen LogP contribution in [0.2, 0.25) is 0 Å². The lowest BCUT2D eigenvalue weighted by molar-refractivity contribution is -0.126. The Morgan fingerprint density at radius 2 is 2.00 bits per heavy atom. The number of hydrogen-bond donors (Lipinski definition) is 1. The number of methoxy groups -OCH3 is 1. The zero-order valence-electron chi connectivity index (χ0n) is 12.8. The van der Waals surface area contributed by atoms with Gasteiger partial charge in [0.15, 0.2) is 11.5 Å². The molecule has 1 heterocycles. The van der Waals surface area contributed by atoms with Gasteiger partial charge in [-0.15, -0.1) is 0 Å². The number of hydrogen-bond acceptors (Lipinski definition) is 4. The minimum Gasteiger partial charge on any atom is -0.493 e. The highest BCUT2D eigenvalue weighted by atomic mass is 16.5. The topological polar surface area (TPSA) is 59.9 Å². The molecule has 0 aromatic heterocycles. The number of nitrogens with zero attached hydrogens (tertiary/aromatic N) is 1. The summed E-state index contributed by atoms with van der Waals surface area (Å²) < 4.78 is 11.0. The smallest absolute Gasteiger partial charge is 0.244 e. The van der Waals surface area contributed by atoms with Gasteiger partial charge < -0.3 is 9.47 Å². The molecule has 2 aliphatic rings. The molecule has 1 aliphatic carbocycles. The van der Waals surface area contributed by atoms with Crippen LogP contribution in [0.4, 0.5) is 0 Å². The molecule has 0 bridgehead atoms. The van der Waals surface area contributed by atoms with Crippen molar-refractivity contribution >= 4 is 11.6 Å². The summed E-state index contributed by atoms with van der Waals surface area (Å²) in [6, 6.07) is 5.79. The third-order valence-electron chi connectivity index (χ3n) is 4.17. The van der Waals surface area contributed by atoms with Crippen LogP contribution >= 0.6 is 0 Å². The molecule has 0 spiro atoms. The average molecular weight is 300 g/mol.